The second-order valence-corrected chi connectivity index (χ2v) is 9.36. The van der Waals surface area contributed by atoms with Gasteiger partial charge in [-0.2, -0.15) is 0 Å². The molecule has 2 aromatic carbocycles. The van der Waals surface area contributed by atoms with Crippen molar-refractivity contribution in [2.75, 3.05) is 18.4 Å². The molecule has 186 valence electrons. The fraction of sp³-hybridized carbons (Fsp3) is 0.300. The highest BCUT2D eigenvalue weighted by Gasteiger charge is 2.24. The maximum absolute atomic E-state index is 12.7. The lowest BCUT2D eigenvalue weighted by Gasteiger charge is -2.20. The number of hydrogen-bond donors (Lipinski definition) is 2. The maximum Gasteiger partial charge on any atom is 0.336 e. The van der Waals surface area contributed by atoms with Crippen LogP contribution >= 0.6 is 0 Å². The summed E-state index contributed by atoms with van der Waals surface area (Å²) in [5.41, 5.74) is 6.20. The minimum Gasteiger partial charge on any atom is -0.478 e. The van der Waals surface area contributed by atoms with Crippen LogP contribution in [0.5, 0.6) is 0 Å². The molecular weight excluding hydrogens is 452 g/mol. The number of aromatic carboxylic acids is 1. The summed E-state index contributed by atoms with van der Waals surface area (Å²) in [5, 5.41) is 15.2. The smallest absolute Gasteiger partial charge is 0.336 e. The number of Topliss-reactive ketones (excluding diaryl/α,β-unsaturated/α-hetero) is 1. The average molecular weight is 485 g/mol. The van der Waals surface area contributed by atoms with Crippen molar-refractivity contribution < 1.29 is 19.1 Å². The molecule has 0 spiro atoms. The van der Waals surface area contributed by atoms with E-state index < -0.39 is 5.97 Å². The first-order chi connectivity index (χ1) is 17.2. The molecule has 1 heterocycles. The van der Waals surface area contributed by atoms with Gasteiger partial charge in [-0.1, -0.05) is 26.0 Å². The number of rotatable bonds is 7. The molecule has 1 aliphatic carbocycles. The number of hydrogen-bond acceptors (Lipinski definition) is 5. The molecule has 6 nitrogen and oxygen atoms in total. The molecule has 2 N–H and O–H groups in total. The Morgan fingerprint density at radius 1 is 1.00 bits per heavy atom. The van der Waals surface area contributed by atoms with Crippen LogP contribution < -0.4 is 10.7 Å². The summed E-state index contributed by atoms with van der Waals surface area (Å²) in [7, 11) is 0. The van der Waals surface area contributed by atoms with Crippen molar-refractivity contribution in [2.45, 2.75) is 41.5 Å². The Bertz CT molecular complexity index is 1530. The molecule has 2 aromatic rings. The van der Waals surface area contributed by atoms with E-state index in [0.717, 1.165) is 45.2 Å². The highest BCUT2D eigenvalue weighted by Crippen LogP contribution is 2.43. The SMILES string of the molecule is CC/N=c1/cc2oc3cc(NCC)c(C)cc3c(-c3ccc(C(=O)C(C)C)cc3C(=O)O)c-2cc1C. The minimum atomic E-state index is -1.08. The predicted molar refractivity (Wildman–Crippen MR) is 144 cm³/mol. The number of benzene rings is 3. The molecule has 0 bridgehead atoms. The van der Waals surface area contributed by atoms with Gasteiger partial charge in [-0.25, -0.2) is 4.79 Å². The van der Waals surface area contributed by atoms with Gasteiger partial charge in [0.1, 0.15) is 11.3 Å². The lowest BCUT2D eigenvalue weighted by atomic mass is 9.87. The van der Waals surface area contributed by atoms with Gasteiger partial charge in [0, 0.05) is 58.9 Å². The highest BCUT2D eigenvalue weighted by atomic mass is 16.4. The number of ketones is 1. The van der Waals surface area contributed by atoms with E-state index in [4.69, 9.17) is 4.42 Å². The van der Waals surface area contributed by atoms with Gasteiger partial charge in [-0.3, -0.25) is 9.79 Å². The zero-order valence-electron chi connectivity index (χ0n) is 21.7. The molecule has 2 aliphatic rings. The Kier molecular flexibility index (Phi) is 6.97. The van der Waals surface area contributed by atoms with Crippen molar-refractivity contribution in [3.05, 3.63) is 70.1 Å². The molecular formula is C30H32N2O4. The van der Waals surface area contributed by atoms with E-state index in [9.17, 15) is 14.7 Å². The van der Waals surface area contributed by atoms with E-state index in [1.54, 1.807) is 12.1 Å². The summed E-state index contributed by atoms with van der Waals surface area (Å²) in [6.45, 7) is 13.0. The van der Waals surface area contributed by atoms with Crippen molar-refractivity contribution in [2.24, 2.45) is 10.9 Å². The van der Waals surface area contributed by atoms with E-state index >= 15 is 0 Å². The monoisotopic (exact) mass is 484 g/mol. The standard InChI is InChI=1S/C30H32N2O4/c1-7-31-24-14-26-22(11-17(24)5)28(23-12-18(6)25(32-8-2)15-27(23)36-26)20-10-9-19(29(33)16(3)4)13-21(20)30(34)35/h9-16,31H,7-8H2,1-6H3,(H,34,35)/b32-25-. The normalized spacial score (nSPS) is 12.0. The molecule has 0 amide bonds. The van der Waals surface area contributed by atoms with Crippen LogP contribution in [-0.4, -0.2) is 29.9 Å². The molecule has 0 saturated carbocycles. The Morgan fingerprint density at radius 3 is 2.39 bits per heavy atom. The fourth-order valence-electron chi connectivity index (χ4n) is 4.63. The van der Waals surface area contributed by atoms with Crippen LogP contribution in [0, 0.1) is 19.8 Å². The summed E-state index contributed by atoms with van der Waals surface area (Å²) < 4.78 is 6.38. The first-order valence-electron chi connectivity index (χ1n) is 12.3. The minimum absolute atomic E-state index is 0.0867. The highest BCUT2D eigenvalue weighted by molar-refractivity contribution is 6.09. The second-order valence-electron chi connectivity index (χ2n) is 9.36. The van der Waals surface area contributed by atoms with E-state index in [1.807, 2.05) is 65.8 Å². The molecule has 0 fully saturated rings. The van der Waals surface area contributed by atoms with Gasteiger partial charge in [0.2, 0.25) is 0 Å². The number of nitrogens with one attached hydrogen (secondary N) is 1. The van der Waals surface area contributed by atoms with Crippen molar-refractivity contribution in [3.8, 4) is 22.5 Å². The third-order valence-electron chi connectivity index (χ3n) is 6.41. The Balaban J connectivity index is 2.16. The molecule has 4 rings (SSSR count). The number of nitrogens with zero attached hydrogens (tertiary/aromatic N) is 1. The number of fused-ring (bicyclic) bond motifs is 2. The van der Waals surface area contributed by atoms with E-state index in [-0.39, 0.29) is 17.3 Å². The fourth-order valence-corrected chi connectivity index (χ4v) is 4.63. The molecule has 0 aromatic heterocycles. The van der Waals surface area contributed by atoms with Crippen LogP contribution in [0.3, 0.4) is 0 Å². The third-order valence-corrected chi connectivity index (χ3v) is 6.41. The number of carboxylic acid groups (broad SMARTS) is 1. The molecule has 1 aliphatic heterocycles. The van der Waals surface area contributed by atoms with Crippen LogP contribution in [-0.2, 0) is 0 Å². The van der Waals surface area contributed by atoms with Gasteiger partial charge in [-0.05, 0) is 62.6 Å². The molecule has 0 saturated heterocycles. The largest absolute Gasteiger partial charge is 0.478 e. The second kappa shape index (κ2) is 9.97. The molecule has 0 unspecified atom stereocenters. The van der Waals surface area contributed by atoms with Crippen LogP contribution in [0.15, 0.2) is 51.9 Å². The maximum atomic E-state index is 12.7. The molecule has 0 radical (unpaired) electrons. The average Bonchev–Trinajstić information content (AvgIpc) is 2.83. The summed E-state index contributed by atoms with van der Waals surface area (Å²) in [5.74, 6) is -0.777. The summed E-state index contributed by atoms with van der Waals surface area (Å²) in [6.07, 6.45) is 0. The lowest BCUT2D eigenvalue weighted by molar-refractivity contribution is 0.0697. The Labute approximate surface area is 211 Å². The van der Waals surface area contributed by atoms with Crippen molar-refractivity contribution in [1.82, 2.24) is 0 Å². The predicted octanol–water partition coefficient (Wildman–Crippen LogP) is 6.71. The summed E-state index contributed by atoms with van der Waals surface area (Å²) >= 11 is 0. The molecule has 6 heteroatoms. The number of carbonyl (C=O) groups excluding carboxylic acids is 1. The van der Waals surface area contributed by atoms with Gasteiger partial charge in [-0.15, -0.1) is 0 Å². The van der Waals surface area contributed by atoms with E-state index in [1.165, 1.54) is 6.07 Å². The number of aryl methyl sites for hydroxylation is 2. The quantitative estimate of drug-likeness (QED) is 0.225. The van der Waals surface area contributed by atoms with Crippen molar-refractivity contribution in [3.63, 3.8) is 0 Å². The van der Waals surface area contributed by atoms with Crippen LogP contribution in [0.25, 0.3) is 33.4 Å². The van der Waals surface area contributed by atoms with Gasteiger partial charge in [0.25, 0.3) is 0 Å². The topological polar surface area (TPSA) is 91.9 Å². The van der Waals surface area contributed by atoms with Gasteiger partial charge >= 0.3 is 5.97 Å². The summed E-state index contributed by atoms with van der Waals surface area (Å²) in [4.78, 5) is 29.7. The summed E-state index contributed by atoms with van der Waals surface area (Å²) in [6, 6.07) is 12.9. The first-order valence-corrected chi connectivity index (χ1v) is 12.3. The van der Waals surface area contributed by atoms with Crippen molar-refractivity contribution in [1.29, 1.82) is 0 Å². The van der Waals surface area contributed by atoms with Crippen LogP contribution in [0.2, 0.25) is 0 Å². The van der Waals surface area contributed by atoms with Crippen LogP contribution in [0.1, 0.15) is 59.5 Å². The number of carbonyl (C=O) groups is 2. The number of carboxylic acids is 1. The van der Waals surface area contributed by atoms with Crippen LogP contribution in [0.4, 0.5) is 5.69 Å². The van der Waals surface area contributed by atoms with Crippen molar-refractivity contribution >= 4 is 28.4 Å². The van der Waals surface area contributed by atoms with Gasteiger partial charge in [0.15, 0.2) is 5.78 Å². The Hall–Kier alpha value is -3.93. The first kappa shape index (κ1) is 25.2. The zero-order valence-corrected chi connectivity index (χ0v) is 21.7. The van der Waals surface area contributed by atoms with Gasteiger partial charge in [0.05, 0.1) is 10.9 Å². The lowest BCUT2D eigenvalue weighted by Crippen LogP contribution is -2.11. The number of anilines is 1. The third kappa shape index (κ3) is 4.51. The van der Waals surface area contributed by atoms with E-state index in [0.29, 0.717) is 29.0 Å². The van der Waals surface area contributed by atoms with E-state index in [2.05, 4.69) is 10.3 Å². The Morgan fingerprint density at radius 2 is 1.75 bits per heavy atom. The molecule has 36 heavy (non-hydrogen) atoms. The zero-order chi connectivity index (χ0) is 26.1. The molecule has 0 atom stereocenters. The van der Waals surface area contributed by atoms with Gasteiger partial charge < -0.3 is 14.8 Å².